The maximum atomic E-state index is 11.0. The molecule has 3 nitrogen and oxygen atoms in total. The molecule has 0 bridgehead atoms. The number of carbonyl (C=O) groups is 1. The van der Waals surface area contributed by atoms with Gasteiger partial charge < -0.3 is 5.11 Å². The van der Waals surface area contributed by atoms with Gasteiger partial charge >= 0.3 is 0 Å². The Morgan fingerprint density at radius 1 is 1.73 bits per heavy atom. The molecule has 62 valence electrons. The molecule has 0 aromatic rings. The topological polar surface area (TPSA) is 40.5 Å². The average Bonchev–Trinajstić information content (AvgIpc) is 1.98. The number of rotatable bonds is 3. The molecule has 1 amide bonds. The summed E-state index contributed by atoms with van der Waals surface area (Å²) in [7, 11) is 0. The first-order valence-electron chi connectivity index (χ1n) is 3.39. The van der Waals surface area contributed by atoms with Crippen molar-refractivity contribution in [2.24, 2.45) is 0 Å². The van der Waals surface area contributed by atoms with Crippen molar-refractivity contribution in [1.29, 1.82) is 0 Å². The number of hydrogen-bond acceptors (Lipinski definition) is 2. The molecule has 0 radical (unpaired) electrons. The quantitative estimate of drug-likeness (QED) is 0.657. The Labute approximate surface area is 66.6 Å². The van der Waals surface area contributed by atoms with E-state index < -0.39 is 6.10 Å². The van der Waals surface area contributed by atoms with Gasteiger partial charge in [0.05, 0.1) is 0 Å². The molecule has 1 N–H and O–H groups in total. The molecular weight excluding hydrogens is 142 g/mol. The van der Waals surface area contributed by atoms with Crippen molar-refractivity contribution in [2.75, 3.05) is 0 Å². The summed E-state index contributed by atoms with van der Waals surface area (Å²) in [5, 5.41) is 8.88. The number of aliphatic hydroxyl groups is 1. The standard InChI is InChI=1S/C8H13NO2/c1-4-6-9(5-2)8(11)7(3)10/h4-7,10H,2H2,1,3H3/b6-4-/t7-/m1/s1. The molecule has 0 saturated carbocycles. The normalized spacial score (nSPS) is 13.0. The van der Waals surface area contributed by atoms with Crippen LogP contribution in [-0.4, -0.2) is 22.0 Å². The fourth-order valence-electron chi connectivity index (χ4n) is 0.601. The van der Waals surface area contributed by atoms with E-state index in [1.165, 1.54) is 18.0 Å². The van der Waals surface area contributed by atoms with E-state index >= 15 is 0 Å². The van der Waals surface area contributed by atoms with Gasteiger partial charge in [0.15, 0.2) is 0 Å². The summed E-state index contributed by atoms with van der Waals surface area (Å²) in [6, 6.07) is 0. The van der Waals surface area contributed by atoms with E-state index in [0.717, 1.165) is 0 Å². The van der Waals surface area contributed by atoms with Crippen LogP contribution < -0.4 is 0 Å². The molecule has 0 aliphatic carbocycles. The van der Waals surface area contributed by atoms with Gasteiger partial charge in [-0.1, -0.05) is 12.7 Å². The Kier molecular flexibility index (Phi) is 4.22. The van der Waals surface area contributed by atoms with Crippen LogP contribution in [0.15, 0.2) is 25.1 Å². The number of nitrogens with zero attached hydrogens (tertiary/aromatic N) is 1. The van der Waals surface area contributed by atoms with E-state index in [4.69, 9.17) is 5.11 Å². The predicted octanol–water partition coefficient (Wildman–Crippen LogP) is 0.873. The summed E-state index contributed by atoms with van der Waals surface area (Å²) < 4.78 is 0. The Bertz CT molecular complexity index is 173. The molecular formula is C8H13NO2. The molecule has 1 atom stereocenters. The highest BCUT2D eigenvalue weighted by atomic mass is 16.3. The van der Waals surface area contributed by atoms with Crippen LogP contribution >= 0.6 is 0 Å². The van der Waals surface area contributed by atoms with Crippen molar-refractivity contribution in [1.82, 2.24) is 4.90 Å². The summed E-state index contributed by atoms with van der Waals surface area (Å²) in [4.78, 5) is 12.3. The number of amides is 1. The fraction of sp³-hybridized carbons (Fsp3) is 0.375. The second kappa shape index (κ2) is 4.68. The molecule has 0 heterocycles. The van der Waals surface area contributed by atoms with Crippen molar-refractivity contribution in [3.63, 3.8) is 0 Å². The van der Waals surface area contributed by atoms with E-state index in [1.807, 2.05) is 0 Å². The van der Waals surface area contributed by atoms with Crippen LogP contribution in [0.3, 0.4) is 0 Å². The summed E-state index contributed by atoms with van der Waals surface area (Å²) in [5.41, 5.74) is 0. The lowest BCUT2D eigenvalue weighted by Crippen LogP contribution is -2.29. The third-order valence-electron chi connectivity index (χ3n) is 1.12. The average molecular weight is 155 g/mol. The lowest BCUT2D eigenvalue weighted by Gasteiger charge is -2.13. The van der Waals surface area contributed by atoms with Gasteiger partial charge in [-0.05, 0) is 13.8 Å². The van der Waals surface area contributed by atoms with Gasteiger partial charge in [0.2, 0.25) is 0 Å². The molecule has 0 saturated heterocycles. The molecule has 3 heteroatoms. The molecule has 0 spiro atoms. The van der Waals surface area contributed by atoms with E-state index in [0.29, 0.717) is 0 Å². The summed E-state index contributed by atoms with van der Waals surface area (Å²) in [6.45, 7) is 6.63. The second-order valence-electron chi connectivity index (χ2n) is 2.09. The number of allylic oxidation sites excluding steroid dienone is 1. The summed E-state index contributed by atoms with van der Waals surface area (Å²) in [6.07, 6.45) is 3.61. The third-order valence-corrected chi connectivity index (χ3v) is 1.12. The monoisotopic (exact) mass is 155 g/mol. The number of carbonyl (C=O) groups excluding carboxylic acids is 1. The highest BCUT2D eigenvalue weighted by molar-refractivity contribution is 5.82. The number of hydrogen-bond donors (Lipinski definition) is 1. The first-order chi connectivity index (χ1) is 5.13. The first-order valence-corrected chi connectivity index (χ1v) is 3.39. The van der Waals surface area contributed by atoms with Crippen LogP contribution in [0.5, 0.6) is 0 Å². The minimum absolute atomic E-state index is 0.377. The Balaban J connectivity index is 4.26. The van der Waals surface area contributed by atoms with Gasteiger partial charge in [-0.2, -0.15) is 0 Å². The summed E-state index contributed by atoms with van der Waals surface area (Å²) >= 11 is 0. The van der Waals surface area contributed by atoms with Crippen molar-refractivity contribution in [3.05, 3.63) is 25.1 Å². The van der Waals surface area contributed by atoms with Crippen molar-refractivity contribution in [3.8, 4) is 0 Å². The molecule has 11 heavy (non-hydrogen) atoms. The van der Waals surface area contributed by atoms with E-state index in [2.05, 4.69) is 6.58 Å². The van der Waals surface area contributed by atoms with Crippen molar-refractivity contribution >= 4 is 5.91 Å². The third kappa shape index (κ3) is 3.00. The zero-order valence-electron chi connectivity index (χ0n) is 6.82. The highest BCUT2D eigenvalue weighted by Crippen LogP contribution is 1.96. The fourth-order valence-corrected chi connectivity index (χ4v) is 0.601. The second-order valence-corrected chi connectivity index (χ2v) is 2.09. The summed E-state index contributed by atoms with van der Waals surface area (Å²) in [5.74, 6) is -0.377. The van der Waals surface area contributed by atoms with Gasteiger partial charge in [0.1, 0.15) is 6.10 Å². The Morgan fingerprint density at radius 3 is 2.55 bits per heavy atom. The Morgan fingerprint density at radius 2 is 2.27 bits per heavy atom. The lowest BCUT2D eigenvalue weighted by atomic mass is 10.3. The highest BCUT2D eigenvalue weighted by Gasteiger charge is 2.12. The lowest BCUT2D eigenvalue weighted by molar-refractivity contribution is -0.134. The van der Waals surface area contributed by atoms with Gasteiger partial charge in [-0.15, -0.1) is 0 Å². The largest absolute Gasteiger partial charge is 0.384 e. The maximum absolute atomic E-state index is 11.0. The van der Waals surface area contributed by atoms with Gasteiger partial charge in [-0.3, -0.25) is 9.69 Å². The predicted molar refractivity (Wildman–Crippen MR) is 43.5 cm³/mol. The van der Waals surface area contributed by atoms with Gasteiger partial charge in [0.25, 0.3) is 5.91 Å². The molecule has 0 aromatic heterocycles. The molecule has 0 aliphatic heterocycles. The van der Waals surface area contributed by atoms with Gasteiger partial charge in [0, 0.05) is 12.4 Å². The number of aliphatic hydroxyl groups excluding tert-OH is 1. The van der Waals surface area contributed by atoms with Crippen LogP contribution in [-0.2, 0) is 4.79 Å². The van der Waals surface area contributed by atoms with E-state index in [9.17, 15) is 4.79 Å². The molecule has 0 rings (SSSR count). The van der Waals surface area contributed by atoms with Gasteiger partial charge in [-0.25, -0.2) is 0 Å². The van der Waals surface area contributed by atoms with Crippen LogP contribution in [0.4, 0.5) is 0 Å². The minimum atomic E-state index is -0.982. The smallest absolute Gasteiger partial charge is 0.259 e. The Hall–Kier alpha value is -1.09. The zero-order chi connectivity index (χ0) is 8.85. The zero-order valence-corrected chi connectivity index (χ0v) is 6.82. The maximum Gasteiger partial charge on any atom is 0.259 e. The van der Waals surface area contributed by atoms with Crippen LogP contribution in [0.25, 0.3) is 0 Å². The minimum Gasteiger partial charge on any atom is -0.384 e. The first kappa shape index (κ1) is 9.91. The van der Waals surface area contributed by atoms with Crippen LogP contribution in [0, 0.1) is 0 Å². The molecule has 0 aliphatic rings. The van der Waals surface area contributed by atoms with Crippen molar-refractivity contribution in [2.45, 2.75) is 20.0 Å². The van der Waals surface area contributed by atoms with E-state index in [1.54, 1.807) is 19.2 Å². The molecule has 0 aromatic carbocycles. The van der Waals surface area contributed by atoms with E-state index in [-0.39, 0.29) is 5.91 Å². The van der Waals surface area contributed by atoms with Crippen LogP contribution in [0.2, 0.25) is 0 Å². The molecule has 0 unspecified atom stereocenters. The van der Waals surface area contributed by atoms with Crippen molar-refractivity contribution < 1.29 is 9.90 Å². The van der Waals surface area contributed by atoms with Crippen LogP contribution in [0.1, 0.15) is 13.8 Å². The molecule has 0 fully saturated rings. The SMILES string of the molecule is C=CN(/C=C\C)C(=O)[C@@H](C)O.